The molecule has 174 valence electrons. The first kappa shape index (κ1) is 23.1. The lowest BCUT2D eigenvalue weighted by molar-refractivity contribution is -0.124. The highest BCUT2D eigenvalue weighted by atomic mass is 16.4. The fraction of sp³-hybridized carbons (Fsp3) is 0.654. The second kappa shape index (κ2) is 11.7. The highest BCUT2D eigenvalue weighted by molar-refractivity contribution is 5.81. The number of carbonyl (C=O) groups excluding carboxylic acids is 1. The van der Waals surface area contributed by atoms with Crippen molar-refractivity contribution in [2.75, 3.05) is 32.7 Å². The number of aromatic nitrogens is 2. The van der Waals surface area contributed by atoms with Crippen molar-refractivity contribution in [1.29, 1.82) is 0 Å². The van der Waals surface area contributed by atoms with Crippen LogP contribution in [-0.2, 0) is 11.3 Å². The number of aryl methyl sites for hydroxylation is 1. The van der Waals surface area contributed by atoms with Gasteiger partial charge in [-0.3, -0.25) is 14.7 Å². The molecule has 2 saturated heterocycles. The number of unbranched alkanes of at least 4 members (excludes halogenated alkanes) is 1. The van der Waals surface area contributed by atoms with Crippen LogP contribution in [0.1, 0.15) is 69.2 Å². The molecule has 4 heterocycles. The summed E-state index contributed by atoms with van der Waals surface area (Å²) in [5.41, 5.74) is 1.95. The Bertz CT molecular complexity index is 835. The van der Waals surface area contributed by atoms with E-state index in [1.165, 1.54) is 45.3 Å². The van der Waals surface area contributed by atoms with Gasteiger partial charge in [-0.25, -0.2) is 4.98 Å². The summed E-state index contributed by atoms with van der Waals surface area (Å²) in [7, 11) is 0. The summed E-state index contributed by atoms with van der Waals surface area (Å²) in [6.07, 6.45) is 13.9. The number of hydrogen-bond acceptors (Lipinski definition) is 6. The Kier molecular flexibility index (Phi) is 8.46. The van der Waals surface area contributed by atoms with Gasteiger partial charge in [-0.05, 0) is 90.3 Å². The molecule has 0 unspecified atom stereocenters. The number of ketones is 1. The predicted molar refractivity (Wildman–Crippen MR) is 126 cm³/mol. The lowest BCUT2D eigenvalue weighted by Crippen LogP contribution is -2.36. The molecule has 6 nitrogen and oxygen atoms in total. The Morgan fingerprint density at radius 2 is 1.72 bits per heavy atom. The maximum absolute atomic E-state index is 12.7. The standard InChI is InChI=1S/C26H38N4O2/c1-21-24(28-26(32-21)23-9-13-27-14-10-23)20-30-18-11-22(12-19-30)25(31)8-4-7-17-29-15-5-2-3-6-16-29/h9-10,13-14,22H,2-8,11-12,15-20H2,1H3. The predicted octanol–water partition coefficient (Wildman–Crippen LogP) is 4.87. The fourth-order valence-corrected chi connectivity index (χ4v) is 5.02. The van der Waals surface area contributed by atoms with Crippen molar-refractivity contribution in [2.24, 2.45) is 5.92 Å². The van der Waals surface area contributed by atoms with E-state index >= 15 is 0 Å². The molecule has 0 N–H and O–H groups in total. The number of carbonyl (C=O) groups is 1. The fourth-order valence-electron chi connectivity index (χ4n) is 5.02. The lowest BCUT2D eigenvalue weighted by Gasteiger charge is -2.30. The molecular weight excluding hydrogens is 400 g/mol. The number of oxazole rings is 1. The minimum absolute atomic E-state index is 0.246. The van der Waals surface area contributed by atoms with Gasteiger partial charge in [-0.1, -0.05) is 12.8 Å². The van der Waals surface area contributed by atoms with E-state index in [4.69, 9.17) is 9.40 Å². The molecule has 32 heavy (non-hydrogen) atoms. The molecule has 2 aromatic heterocycles. The van der Waals surface area contributed by atoms with Crippen molar-refractivity contribution in [3.63, 3.8) is 0 Å². The number of Topliss-reactive ketones (excluding diaryl/α,β-unsaturated/α-hetero) is 1. The Hall–Kier alpha value is -2.05. The summed E-state index contributed by atoms with van der Waals surface area (Å²) in [6.45, 7) is 8.36. The van der Waals surface area contributed by atoms with Gasteiger partial charge in [0.1, 0.15) is 11.5 Å². The number of rotatable bonds is 9. The van der Waals surface area contributed by atoms with E-state index in [0.717, 1.165) is 68.8 Å². The zero-order valence-electron chi connectivity index (χ0n) is 19.6. The zero-order chi connectivity index (χ0) is 22.2. The van der Waals surface area contributed by atoms with Gasteiger partial charge in [0, 0.05) is 36.8 Å². The first-order chi connectivity index (χ1) is 15.7. The van der Waals surface area contributed by atoms with Crippen LogP contribution in [-0.4, -0.2) is 58.3 Å². The van der Waals surface area contributed by atoms with Crippen molar-refractivity contribution in [1.82, 2.24) is 19.8 Å². The first-order valence-electron chi connectivity index (χ1n) is 12.5. The summed E-state index contributed by atoms with van der Waals surface area (Å²) in [4.78, 5) is 26.5. The Morgan fingerprint density at radius 3 is 2.44 bits per heavy atom. The van der Waals surface area contributed by atoms with E-state index in [1.807, 2.05) is 19.1 Å². The van der Waals surface area contributed by atoms with Crippen LogP contribution in [0.2, 0.25) is 0 Å². The maximum atomic E-state index is 12.7. The highest BCUT2D eigenvalue weighted by Gasteiger charge is 2.25. The van der Waals surface area contributed by atoms with E-state index in [0.29, 0.717) is 11.7 Å². The van der Waals surface area contributed by atoms with Crippen LogP contribution < -0.4 is 0 Å². The highest BCUT2D eigenvalue weighted by Crippen LogP contribution is 2.25. The van der Waals surface area contributed by atoms with E-state index in [9.17, 15) is 4.79 Å². The molecule has 2 fully saturated rings. The molecule has 0 atom stereocenters. The normalized spacial score (nSPS) is 19.2. The molecule has 6 heteroatoms. The van der Waals surface area contributed by atoms with Crippen LogP contribution in [0.4, 0.5) is 0 Å². The number of piperidine rings is 1. The quantitative estimate of drug-likeness (QED) is 0.521. The largest absolute Gasteiger partial charge is 0.441 e. The van der Waals surface area contributed by atoms with Crippen molar-refractivity contribution in [3.8, 4) is 11.5 Å². The number of likely N-dealkylation sites (tertiary alicyclic amines) is 2. The van der Waals surface area contributed by atoms with E-state index < -0.39 is 0 Å². The average molecular weight is 439 g/mol. The lowest BCUT2D eigenvalue weighted by atomic mass is 9.90. The zero-order valence-corrected chi connectivity index (χ0v) is 19.6. The molecule has 0 saturated carbocycles. The van der Waals surface area contributed by atoms with Gasteiger partial charge in [0.25, 0.3) is 0 Å². The monoisotopic (exact) mass is 438 g/mol. The molecule has 4 rings (SSSR count). The van der Waals surface area contributed by atoms with Gasteiger partial charge in [-0.2, -0.15) is 0 Å². The van der Waals surface area contributed by atoms with E-state index in [-0.39, 0.29) is 5.92 Å². The molecule has 0 radical (unpaired) electrons. The summed E-state index contributed by atoms with van der Waals surface area (Å²) >= 11 is 0. The molecule has 0 aromatic carbocycles. The summed E-state index contributed by atoms with van der Waals surface area (Å²) in [5.74, 6) is 2.26. The Morgan fingerprint density at radius 1 is 1.00 bits per heavy atom. The molecule has 2 aromatic rings. The molecule has 0 amide bonds. The van der Waals surface area contributed by atoms with Crippen LogP contribution in [0.15, 0.2) is 28.9 Å². The smallest absolute Gasteiger partial charge is 0.226 e. The second-order valence-corrected chi connectivity index (χ2v) is 9.49. The van der Waals surface area contributed by atoms with E-state index in [1.54, 1.807) is 12.4 Å². The van der Waals surface area contributed by atoms with Crippen LogP contribution >= 0.6 is 0 Å². The molecular formula is C26H38N4O2. The molecule has 2 aliphatic rings. The van der Waals surface area contributed by atoms with Crippen molar-refractivity contribution < 1.29 is 9.21 Å². The minimum Gasteiger partial charge on any atom is -0.441 e. The second-order valence-electron chi connectivity index (χ2n) is 9.49. The maximum Gasteiger partial charge on any atom is 0.226 e. The summed E-state index contributed by atoms with van der Waals surface area (Å²) in [6, 6.07) is 3.83. The first-order valence-corrected chi connectivity index (χ1v) is 12.5. The molecule has 0 bridgehead atoms. The van der Waals surface area contributed by atoms with Crippen LogP contribution in [0.25, 0.3) is 11.5 Å². The van der Waals surface area contributed by atoms with Gasteiger partial charge in [0.2, 0.25) is 5.89 Å². The van der Waals surface area contributed by atoms with Crippen molar-refractivity contribution >= 4 is 5.78 Å². The molecule has 2 aliphatic heterocycles. The number of pyridine rings is 1. The SMILES string of the molecule is Cc1oc(-c2ccncc2)nc1CN1CCC(C(=O)CCCCN2CCCCCC2)CC1. The topological polar surface area (TPSA) is 62.5 Å². The number of hydrogen-bond donors (Lipinski definition) is 0. The third-order valence-electron chi connectivity index (χ3n) is 7.08. The summed E-state index contributed by atoms with van der Waals surface area (Å²) in [5, 5.41) is 0. The molecule has 0 aliphatic carbocycles. The Labute approximate surface area is 192 Å². The van der Waals surface area contributed by atoms with Gasteiger partial charge in [0.15, 0.2) is 0 Å². The van der Waals surface area contributed by atoms with Crippen LogP contribution in [0.5, 0.6) is 0 Å². The third kappa shape index (κ3) is 6.48. The van der Waals surface area contributed by atoms with Crippen LogP contribution in [0.3, 0.4) is 0 Å². The minimum atomic E-state index is 0.246. The Balaban J connectivity index is 1.16. The van der Waals surface area contributed by atoms with Gasteiger partial charge >= 0.3 is 0 Å². The van der Waals surface area contributed by atoms with E-state index in [2.05, 4.69) is 14.8 Å². The molecule has 0 spiro atoms. The van der Waals surface area contributed by atoms with Crippen molar-refractivity contribution in [3.05, 3.63) is 36.0 Å². The average Bonchev–Trinajstić information content (AvgIpc) is 3.01. The van der Waals surface area contributed by atoms with Gasteiger partial charge < -0.3 is 9.32 Å². The van der Waals surface area contributed by atoms with Gasteiger partial charge in [0.05, 0.1) is 5.69 Å². The number of nitrogens with zero attached hydrogens (tertiary/aromatic N) is 4. The van der Waals surface area contributed by atoms with Crippen LogP contribution in [0, 0.1) is 12.8 Å². The van der Waals surface area contributed by atoms with Gasteiger partial charge in [-0.15, -0.1) is 0 Å². The third-order valence-corrected chi connectivity index (χ3v) is 7.08. The summed E-state index contributed by atoms with van der Waals surface area (Å²) < 4.78 is 5.88. The van der Waals surface area contributed by atoms with Crippen molar-refractivity contribution in [2.45, 2.75) is 71.3 Å².